The lowest BCUT2D eigenvalue weighted by Crippen LogP contribution is -2.49. The Hall–Kier alpha value is -2.89. The summed E-state index contributed by atoms with van der Waals surface area (Å²) in [5.74, 6) is 1.86. The van der Waals surface area contributed by atoms with Crippen molar-refractivity contribution >= 4 is 17.3 Å². The number of nitrogens with zero attached hydrogens (tertiary/aromatic N) is 2. The molecule has 0 atom stereocenters. The van der Waals surface area contributed by atoms with Crippen LogP contribution in [0.25, 0.3) is 0 Å². The molecular weight excluding hydrogens is 342 g/mol. The van der Waals surface area contributed by atoms with Gasteiger partial charge < -0.3 is 24.6 Å². The van der Waals surface area contributed by atoms with Gasteiger partial charge in [-0.2, -0.15) is 0 Å². The lowest BCUT2D eigenvalue weighted by atomic mass is 10.2. The van der Waals surface area contributed by atoms with Gasteiger partial charge in [-0.15, -0.1) is 0 Å². The van der Waals surface area contributed by atoms with Gasteiger partial charge in [0.15, 0.2) is 0 Å². The van der Waals surface area contributed by atoms with E-state index in [0.29, 0.717) is 13.0 Å². The molecule has 144 valence electrons. The zero-order valence-electron chi connectivity index (χ0n) is 16.0. The molecule has 0 aliphatic carbocycles. The molecule has 1 N–H and O–H groups in total. The molecule has 1 saturated heterocycles. The Bertz CT molecular complexity index is 741. The standard InChI is InChI=1S/C21H27N3O3/c1-26-19-8-6-18(7-9-19)23-12-14-24(15-13-23)21(25)10-11-22-17-4-3-5-20(16-17)27-2/h3-9,16,22H,10-15H2,1-2H3. The first kappa shape index (κ1) is 18.9. The molecule has 2 aromatic carbocycles. The molecule has 0 spiro atoms. The SMILES string of the molecule is COc1ccc(N2CCN(C(=O)CCNc3cccc(OC)c3)CC2)cc1. The van der Waals surface area contributed by atoms with Crippen LogP contribution in [0.15, 0.2) is 48.5 Å². The highest BCUT2D eigenvalue weighted by Crippen LogP contribution is 2.21. The quantitative estimate of drug-likeness (QED) is 0.813. The predicted octanol–water partition coefficient (Wildman–Crippen LogP) is 2.85. The van der Waals surface area contributed by atoms with Gasteiger partial charge in [0.25, 0.3) is 0 Å². The van der Waals surface area contributed by atoms with Gasteiger partial charge in [-0.25, -0.2) is 0 Å². The molecule has 0 bridgehead atoms. The molecule has 1 heterocycles. The smallest absolute Gasteiger partial charge is 0.224 e. The summed E-state index contributed by atoms with van der Waals surface area (Å²) in [6.45, 7) is 3.82. The number of carbonyl (C=O) groups excluding carboxylic acids is 1. The molecule has 1 fully saturated rings. The maximum absolute atomic E-state index is 12.5. The molecule has 0 radical (unpaired) electrons. The fourth-order valence-corrected chi connectivity index (χ4v) is 3.21. The molecule has 2 aromatic rings. The Labute approximate surface area is 160 Å². The normalized spacial score (nSPS) is 14.0. The summed E-state index contributed by atoms with van der Waals surface area (Å²) < 4.78 is 10.4. The molecule has 0 aromatic heterocycles. The number of benzene rings is 2. The minimum Gasteiger partial charge on any atom is -0.497 e. The third-order valence-corrected chi connectivity index (χ3v) is 4.81. The number of amides is 1. The Kier molecular flexibility index (Phi) is 6.41. The number of carbonyl (C=O) groups is 1. The fraction of sp³-hybridized carbons (Fsp3) is 0.381. The van der Waals surface area contributed by atoms with Crippen LogP contribution in [0.4, 0.5) is 11.4 Å². The molecule has 3 rings (SSSR count). The Morgan fingerprint density at radius 3 is 2.33 bits per heavy atom. The van der Waals surface area contributed by atoms with Crippen LogP contribution >= 0.6 is 0 Å². The summed E-state index contributed by atoms with van der Waals surface area (Å²) in [4.78, 5) is 16.7. The van der Waals surface area contributed by atoms with E-state index in [-0.39, 0.29) is 5.91 Å². The van der Waals surface area contributed by atoms with Crippen molar-refractivity contribution in [3.05, 3.63) is 48.5 Å². The van der Waals surface area contributed by atoms with Gasteiger partial charge in [0.05, 0.1) is 14.2 Å². The van der Waals surface area contributed by atoms with Crippen molar-refractivity contribution in [1.82, 2.24) is 4.90 Å². The van der Waals surface area contributed by atoms with E-state index in [2.05, 4.69) is 22.3 Å². The predicted molar refractivity (Wildman–Crippen MR) is 108 cm³/mol. The van der Waals surface area contributed by atoms with Crippen LogP contribution in [0.1, 0.15) is 6.42 Å². The van der Waals surface area contributed by atoms with E-state index in [9.17, 15) is 4.79 Å². The first-order valence-corrected chi connectivity index (χ1v) is 9.24. The fourth-order valence-electron chi connectivity index (χ4n) is 3.21. The third kappa shape index (κ3) is 5.06. The number of piperazine rings is 1. The van der Waals surface area contributed by atoms with Crippen LogP contribution in [-0.4, -0.2) is 57.8 Å². The van der Waals surface area contributed by atoms with Gasteiger partial charge in [0.1, 0.15) is 11.5 Å². The molecule has 0 unspecified atom stereocenters. The van der Waals surface area contributed by atoms with E-state index in [4.69, 9.17) is 9.47 Å². The summed E-state index contributed by atoms with van der Waals surface area (Å²) in [6.07, 6.45) is 0.486. The van der Waals surface area contributed by atoms with Crippen molar-refractivity contribution in [2.75, 3.05) is 57.2 Å². The molecule has 1 aliphatic heterocycles. The number of anilines is 2. The van der Waals surface area contributed by atoms with Crippen molar-refractivity contribution in [2.45, 2.75) is 6.42 Å². The van der Waals surface area contributed by atoms with Crippen molar-refractivity contribution in [2.24, 2.45) is 0 Å². The number of nitrogens with one attached hydrogen (secondary N) is 1. The summed E-state index contributed by atoms with van der Waals surface area (Å²) in [5, 5.41) is 3.29. The van der Waals surface area contributed by atoms with Gasteiger partial charge >= 0.3 is 0 Å². The van der Waals surface area contributed by atoms with Crippen LogP contribution in [0, 0.1) is 0 Å². The largest absolute Gasteiger partial charge is 0.497 e. The average molecular weight is 369 g/mol. The summed E-state index contributed by atoms with van der Waals surface area (Å²) in [5.41, 5.74) is 2.13. The molecular formula is C21H27N3O3. The minimum atomic E-state index is 0.194. The number of hydrogen-bond donors (Lipinski definition) is 1. The molecule has 6 nitrogen and oxygen atoms in total. The maximum atomic E-state index is 12.5. The van der Waals surface area contributed by atoms with E-state index in [1.807, 2.05) is 41.3 Å². The number of hydrogen-bond acceptors (Lipinski definition) is 5. The van der Waals surface area contributed by atoms with Crippen LogP contribution in [0.3, 0.4) is 0 Å². The van der Waals surface area contributed by atoms with E-state index in [1.54, 1.807) is 14.2 Å². The zero-order chi connectivity index (χ0) is 19.1. The maximum Gasteiger partial charge on any atom is 0.224 e. The van der Waals surface area contributed by atoms with E-state index >= 15 is 0 Å². The van der Waals surface area contributed by atoms with Gasteiger partial charge in [0.2, 0.25) is 5.91 Å². The molecule has 6 heteroatoms. The highest BCUT2D eigenvalue weighted by molar-refractivity contribution is 5.77. The Morgan fingerprint density at radius 2 is 1.67 bits per heavy atom. The van der Waals surface area contributed by atoms with Gasteiger partial charge in [-0.3, -0.25) is 4.79 Å². The molecule has 27 heavy (non-hydrogen) atoms. The summed E-state index contributed by atoms with van der Waals surface area (Å²) >= 11 is 0. The number of ether oxygens (including phenoxy) is 2. The topological polar surface area (TPSA) is 54.0 Å². The van der Waals surface area contributed by atoms with Crippen LogP contribution in [-0.2, 0) is 4.79 Å². The van der Waals surface area contributed by atoms with Gasteiger partial charge in [-0.1, -0.05) is 6.07 Å². The van der Waals surface area contributed by atoms with Crippen molar-refractivity contribution in [1.29, 1.82) is 0 Å². The van der Waals surface area contributed by atoms with E-state index < -0.39 is 0 Å². The average Bonchev–Trinajstić information content (AvgIpc) is 2.74. The Morgan fingerprint density at radius 1 is 0.963 bits per heavy atom. The highest BCUT2D eigenvalue weighted by Gasteiger charge is 2.20. The van der Waals surface area contributed by atoms with Gasteiger partial charge in [0, 0.05) is 56.6 Å². The first-order chi connectivity index (χ1) is 13.2. The van der Waals surface area contributed by atoms with Crippen LogP contribution < -0.4 is 19.7 Å². The molecule has 1 amide bonds. The second-order valence-electron chi connectivity index (χ2n) is 6.47. The molecule has 1 aliphatic rings. The second kappa shape index (κ2) is 9.16. The van der Waals surface area contributed by atoms with Crippen molar-refractivity contribution < 1.29 is 14.3 Å². The lowest BCUT2D eigenvalue weighted by molar-refractivity contribution is -0.131. The van der Waals surface area contributed by atoms with E-state index in [1.165, 1.54) is 5.69 Å². The Balaban J connectivity index is 1.42. The van der Waals surface area contributed by atoms with Crippen LogP contribution in [0.2, 0.25) is 0 Å². The first-order valence-electron chi connectivity index (χ1n) is 9.24. The third-order valence-electron chi connectivity index (χ3n) is 4.81. The van der Waals surface area contributed by atoms with E-state index in [0.717, 1.165) is 43.4 Å². The number of methoxy groups -OCH3 is 2. The number of rotatable bonds is 7. The zero-order valence-corrected chi connectivity index (χ0v) is 16.0. The lowest BCUT2D eigenvalue weighted by Gasteiger charge is -2.36. The van der Waals surface area contributed by atoms with Crippen LogP contribution in [0.5, 0.6) is 11.5 Å². The monoisotopic (exact) mass is 369 g/mol. The summed E-state index contributed by atoms with van der Waals surface area (Å²) in [6, 6.07) is 15.8. The van der Waals surface area contributed by atoms with Crippen molar-refractivity contribution in [3.63, 3.8) is 0 Å². The second-order valence-corrected chi connectivity index (χ2v) is 6.47. The van der Waals surface area contributed by atoms with Gasteiger partial charge in [-0.05, 0) is 36.4 Å². The molecule has 0 saturated carbocycles. The van der Waals surface area contributed by atoms with Crippen molar-refractivity contribution in [3.8, 4) is 11.5 Å². The summed E-state index contributed by atoms with van der Waals surface area (Å²) in [7, 11) is 3.32. The highest BCUT2D eigenvalue weighted by atomic mass is 16.5. The minimum absolute atomic E-state index is 0.194.